The lowest BCUT2D eigenvalue weighted by atomic mass is 10.6. The molecule has 0 aromatic rings. The van der Waals surface area contributed by atoms with Gasteiger partial charge in [-0.1, -0.05) is 13.5 Å². The molecule has 0 unspecified atom stereocenters. The molecule has 0 bridgehead atoms. The van der Waals surface area contributed by atoms with E-state index in [9.17, 15) is 13.2 Å². The van der Waals surface area contributed by atoms with Gasteiger partial charge in [0.15, 0.2) is 0 Å². The van der Waals surface area contributed by atoms with Crippen LogP contribution in [0.3, 0.4) is 0 Å². The summed E-state index contributed by atoms with van der Waals surface area (Å²) in [6, 6.07) is 0. The summed E-state index contributed by atoms with van der Waals surface area (Å²) < 4.78 is 34.5. The molecular weight excluding hydrogens is 149 g/mol. The minimum Gasteiger partial charge on any atom is -0.166 e. The van der Waals surface area contributed by atoms with E-state index >= 15 is 0 Å². The van der Waals surface area contributed by atoms with Crippen molar-refractivity contribution in [2.45, 2.75) is 13.1 Å². The molecule has 0 nitrogen and oxygen atoms in total. The third-order valence-electron chi connectivity index (χ3n) is 0.635. The SMILES string of the molecule is C=C(SCC)C(F)(F)F. The Morgan fingerprint density at radius 1 is 1.56 bits per heavy atom. The molecule has 9 heavy (non-hydrogen) atoms. The van der Waals surface area contributed by atoms with Crippen LogP contribution in [0.1, 0.15) is 6.92 Å². The highest BCUT2D eigenvalue weighted by molar-refractivity contribution is 8.03. The predicted octanol–water partition coefficient (Wildman–Crippen LogP) is 2.82. The van der Waals surface area contributed by atoms with Crippen molar-refractivity contribution in [2.75, 3.05) is 5.75 Å². The first-order valence-electron chi connectivity index (χ1n) is 2.37. The second-order valence-electron chi connectivity index (χ2n) is 1.35. The third-order valence-corrected chi connectivity index (χ3v) is 1.50. The maximum atomic E-state index is 11.5. The van der Waals surface area contributed by atoms with Crippen LogP contribution in [-0.4, -0.2) is 11.9 Å². The first-order valence-corrected chi connectivity index (χ1v) is 3.36. The Labute approximate surface area is 56.1 Å². The second kappa shape index (κ2) is 3.15. The molecule has 54 valence electrons. The van der Waals surface area contributed by atoms with Crippen LogP contribution in [0, 0.1) is 0 Å². The first-order chi connectivity index (χ1) is 3.98. The van der Waals surface area contributed by atoms with Crippen molar-refractivity contribution in [3.8, 4) is 0 Å². The predicted molar refractivity (Wildman–Crippen MR) is 33.3 cm³/mol. The van der Waals surface area contributed by atoms with Crippen molar-refractivity contribution < 1.29 is 13.2 Å². The average Bonchev–Trinajstić information content (AvgIpc) is 1.64. The van der Waals surface area contributed by atoms with Crippen LogP contribution in [0.5, 0.6) is 0 Å². The minimum absolute atomic E-state index is 0.415. The maximum absolute atomic E-state index is 11.5. The van der Waals surface area contributed by atoms with Crippen LogP contribution >= 0.6 is 11.8 Å². The smallest absolute Gasteiger partial charge is 0.166 e. The summed E-state index contributed by atoms with van der Waals surface area (Å²) in [5.41, 5.74) is 0. The van der Waals surface area contributed by atoms with Crippen molar-refractivity contribution in [3.63, 3.8) is 0 Å². The fraction of sp³-hybridized carbons (Fsp3) is 0.600. The molecule has 0 aliphatic rings. The molecule has 0 rings (SSSR count). The monoisotopic (exact) mass is 156 g/mol. The van der Waals surface area contributed by atoms with Crippen molar-refractivity contribution in [3.05, 3.63) is 11.5 Å². The molecule has 0 radical (unpaired) electrons. The van der Waals surface area contributed by atoms with Crippen LogP contribution in [0.15, 0.2) is 11.5 Å². The summed E-state index contributed by atoms with van der Waals surface area (Å²) in [6.45, 7) is 4.51. The van der Waals surface area contributed by atoms with Gasteiger partial charge in [-0.05, 0) is 5.75 Å². The Kier molecular flexibility index (Phi) is 3.11. The number of halogens is 3. The highest BCUT2D eigenvalue weighted by atomic mass is 32.2. The van der Waals surface area contributed by atoms with E-state index in [0.717, 1.165) is 11.8 Å². The number of hydrogen-bond donors (Lipinski definition) is 0. The van der Waals surface area contributed by atoms with Crippen molar-refractivity contribution in [2.24, 2.45) is 0 Å². The molecule has 0 N–H and O–H groups in total. The molecule has 0 saturated carbocycles. The van der Waals surface area contributed by atoms with Crippen LogP contribution < -0.4 is 0 Å². The number of rotatable bonds is 2. The Balaban J connectivity index is 3.74. The van der Waals surface area contributed by atoms with Crippen LogP contribution in [-0.2, 0) is 0 Å². The van der Waals surface area contributed by atoms with Gasteiger partial charge in [0.25, 0.3) is 0 Å². The summed E-state index contributed by atoms with van der Waals surface area (Å²) in [5.74, 6) is 0.415. The number of allylic oxidation sites excluding steroid dienone is 1. The normalized spacial score (nSPS) is 11.6. The molecule has 0 aromatic heterocycles. The highest BCUT2D eigenvalue weighted by Gasteiger charge is 2.31. The summed E-state index contributed by atoms with van der Waals surface area (Å²) >= 11 is 0.719. The number of thioether (sulfide) groups is 1. The molecular formula is C5H7F3S. The largest absolute Gasteiger partial charge is 0.421 e. The van der Waals surface area contributed by atoms with Gasteiger partial charge in [-0.2, -0.15) is 13.2 Å². The Bertz CT molecular complexity index is 105. The van der Waals surface area contributed by atoms with E-state index in [1.54, 1.807) is 6.92 Å². The molecule has 4 heteroatoms. The van der Waals surface area contributed by atoms with Crippen LogP contribution in [0.2, 0.25) is 0 Å². The van der Waals surface area contributed by atoms with Gasteiger partial charge in [0, 0.05) is 0 Å². The molecule has 0 saturated heterocycles. The fourth-order valence-corrected chi connectivity index (χ4v) is 0.768. The first kappa shape index (κ1) is 8.88. The van der Waals surface area contributed by atoms with Gasteiger partial charge in [0.05, 0.1) is 4.91 Å². The van der Waals surface area contributed by atoms with E-state index in [-0.39, 0.29) is 0 Å². The minimum atomic E-state index is -4.22. The van der Waals surface area contributed by atoms with Gasteiger partial charge < -0.3 is 0 Å². The molecule has 0 fully saturated rings. The summed E-state index contributed by atoms with van der Waals surface area (Å²) in [5, 5.41) is 0. The van der Waals surface area contributed by atoms with Gasteiger partial charge in [-0.25, -0.2) is 0 Å². The third kappa shape index (κ3) is 3.46. The fourth-order valence-electron chi connectivity index (χ4n) is 0.256. The van der Waals surface area contributed by atoms with Gasteiger partial charge in [0.2, 0.25) is 0 Å². The molecule has 0 amide bonds. The van der Waals surface area contributed by atoms with E-state index in [0.29, 0.717) is 5.75 Å². The average molecular weight is 156 g/mol. The Morgan fingerprint density at radius 3 is 2.11 bits per heavy atom. The summed E-state index contributed by atoms with van der Waals surface area (Å²) in [4.78, 5) is -0.718. The molecule has 0 spiro atoms. The molecule has 0 aliphatic carbocycles. The lowest BCUT2D eigenvalue weighted by Gasteiger charge is -2.06. The summed E-state index contributed by atoms with van der Waals surface area (Å²) in [6.07, 6.45) is -4.22. The standard InChI is InChI=1S/C5H7F3S/c1-3-9-4(2)5(6,7)8/h2-3H2,1H3. The lowest BCUT2D eigenvalue weighted by molar-refractivity contribution is -0.0832. The van der Waals surface area contributed by atoms with Crippen molar-refractivity contribution >= 4 is 11.8 Å². The molecule has 0 aromatic carbocycles. The van der Waals surface area contributed by atoms with Gasteiger partial charge in [0.1, 0.15) is 0 Å². The molecule has 0 heterocycles. The van der Waals surface area contributed by atoms with E-state index < -0.39 is 11.1 Å². The zero-order valence-electron chi connectivity index (χ0n) is 4.96. The zero-order chi connectivity index (χ0) is 7.49. The second-order valence-corrected chi connectivity index (χ2v) is 2.71. The Morgan fingerprint density at radius 2 is 2.00 bits per heavy atom. The van der Waals surface area contributed by atoms with Crippen molar-refractivity contribution in [1.29, 1.82) is 0 Å². The van der Waals surface area contributed by atoms with E-state index in [1.807, 2.05) is 0 Å². The van der Waals surface area contributed by atoms with Gasteiger partial charge >= 0.3 is 6.18 Å². The van der Waals surface area contributed by atoms with Gasteiger partial charge in [-0.3, -0.25) is 0 Å². The Hall–Kier alpha value is -0.120. The van der Waals surface area contributed by atoms with Crippen LogP contribution in [0.25, 0.3) is 0 Å². The maximum Gasteiger partial charge on any atom is 0.421 e. The summed E-state index contributed by atoms with van der Waals surface area (Å²) in [7, 11) is 0. The lowest BCUT2D eigenvalue weighted by Crippen LogP contribution is -2.07. The number of alkyl halides is 3. The number of hydrogen-bond acceptors (Lipinski definition) is 1. The zero-order valence-corrected chi connectivity index (χ0v) is 5.77. The van der Waals surface area contributed by atoms with Crippen LogP contribution in [0.4, 0.5) is 13.2 Å². The van der Waals surface area contributed by atoms with Gasteiger partial charge in [-0.15, -0.1) is 11.8 Å². The van der Waals surface area contributed by atoms with E-state index in [4.69, 9.17) is 0 Å². The van der Waals surface area contributed by atoms with E-state index in [1.165, 1.54) is 0 Å². The molecule has 0 atom stereocenters. The topological polar surface area (TPSA) is 0 Å². The van der Waals surface area contributed by atoms with E-state index in [2.05, 4.69) is 6.58 Å². The molecule has 0 aliphatic heterocycles. The quantitative estimate of drug-likeness (QED) is 0.592. The highest BCUT2D eigenvalue weighted by Crippen LogP contribution is 2.32. The van der Waals surface area contributed by atoms with Crippen molar-refractivity contribution in [1.82, 2.24) is 0 Å².